The molecule has 2 aromatic rings. The maximum atomic E-state index is 12.3. The Morgan fingerprint density at radius 1 is 1.20 bits per heavy atom. The number of aromatic nitrogens is 1. The molecule has 0 fully saturated rings. The highest BCUT2D eigenvalue weighted by molar-refractivity contribution is 5.91. The van der Waals surface area contributed by atoms with Crippen LogP contribution in [-0.4, -0.2) is 35.4 Å². The average Bonchev–Trinajstić information content (AvgIpc) is 2.64. The van der Waals surface area contributed by atoms with Crippen LogP contribution in [0.3, 0.4) is 0 Å². The fraction of sp³-hybridized carbons (Fsp3) is 0.211. The van der Waals surface area contributed by atoms with E-state index in [0.717, 1.165) is 11.1 Å². The molecule has 1 unspecified atom stereocenters. The Balaban J connectivity index is 1.96. The molecule has 2 N–H and O–H groups in total. The van der Waals surface area contributed by atoms with E-state index in [1.54, 1.807) is 54.7 Å². The highest BCUT2D eigenvalue weighted by Crippen LogP contribution is 2.18. The van der Waals surface area contributed by atoms with Gasteiger partial charge in [-0.05, 0) is 48.4 Å². The molecule has 1 atom stereocenters. The summed E-state index contributed by atoms with van der Waals surface area (Å²) in [4.78, 5) is 28.6. The molecule has 25 heavy (non-hydrogen) atoms. The van der Waals surface area contributed by atoms with E-state index < -0.39 is 5.91 Å². The second-order valence-electron chi connectivity index (χ2n) is 5.56. The number of benzene rings is 1. The lowest BCUT2D eigenvalue weighted by Gasteiger charge is -2.23. The first kappa shape index (κ1) is 18.2. The van der Waals surface area contributed by atoms with E-state index in [1.807, 2.05) is 19.1 Å². The van der Waals surface area contributed by atoms with Gasteiger partial charge in [0.1, 0.15) is 5.75 Å². The molecule has 0 aliphatic carbocycles. The van der Waals surface area contributed by atoms with E-state index in [-0.39, 0.29) is 18.6 Å². The van der Waals surface area contributed by atoms with Crippen LogP contribution in [0.2, 0.25) is 0 Å². The largest absolute Gasteiger partial charge is 0.484 e. The number of rotatable bonds is 7. The topological polar surface area (TPSA) is 85.5 Å². The number of ether oxygens (including phenoxy) is 1. The third-order valence-corrected chi connectivity index (χ3v) is 3.80. The number of pyridine rings is 1. The van der Waals surface area contributed by atoms with E-state index in [2.05, 4.69) is 4.98 Å². The van der Waals surface area contributed by atoms with Crippen LogP contribution in [-0.2, 0) is 9.59 Å². The molecule has 0 saturated carbocycles. The van der Waals surface area contributed by atoms with E-state index >= 15 is 0 Å². The Hall–Kier alpha value is -3.15. The molecule has 2 amide bonds. The van der Waals surface area contributed by atoms with Crippen LogP contribution in [0.5, 0.6) is 5.75 Å². The van der Waals surface area contributed by atoms with Gasteiger partial charge >= 0.3 is 0 Å². The summed E-state index contributed by atoms with van der Waals surface area (Å²) >= 11 is 0. The molecule has 130 valence electrons. The van der Waals surface area contributed by atoms with E-state index in [1.165, 1.54) is 6.08 Å². The minimum atomic E-state index is -0.527. The lowest BCUT2D eigenvalue weighted by molar-refractivity contribution is -0.126. The number of carbonyl (C=O) groups is 2. The Morgan fingerprint density at radius 2 is 1.84 bits per heavy atom. The van der Waals surface area contributed by atoms with Gasteiger partial charge in [-0.25, -0.2) is 0 Å². The molecule has 0 saturated heterocycles. The normalized spacial score (nSPS) is 11.9. The van der Waals surface area contributed by atoms with Gasteiger partial charge in [0.2, 0.25) is 5.91 Å². The van der Waals surface area contributed by atoms with Gasteiger partial charge in [-0.2, -0.15) is 0 Å². The SMILES string of the molecule is CC(c1ccncc1)N(C)C(=O)/C=C/c1ccc(OCC(N)=O)cc1. The summed E-state index contributed by atoms with van der Waals surface area (Å²) in [6.07, 6.45) is 6.68. The molecule has 1 heterocycles. The van der Waals surface area contributed by atoms with Crippen LogP contribution in [0.1, 0.15) is 24.1 Å². The lowest BCUT2D eigenvalue weighted by Crippen LogP contribution is -2.27. The average molecular weight is 339 g/mol. The Bertz CT molecular complexity index is 742. The number of hydrogen-bond acceptors (Lipinski definition) is 4. The first-order valence-electron chi connectivity index (χ1n) is 7.83. The van der Waals surface area contributed by atoms with Gasteiger partial charge in [0.05, 0.1) is 6.04 Å². The number of hydrogen-bond donors (Lipinski definition) is 1. The van der Waals surface area contributed by atoms with Crippen LogP contribution in [0, 0.1) is 0 Å². The molecule has 1 aromatic heterocycles. The molecular weight excluding hydrogens is 318 g/mol. The van der Waals surface area contributed by atoms with Crippen molar-refractivity contribution in [3.63, 3.8) is 0 Å². The predicted molar refractivity (Wildman–Crippen MR) is 95.6 cm³/mol. The van der Waals surface area contributed by atoms with Gasteiger partial charge in [-0.3, -0.25) is 14.6 Å². The number of carbonyl (C=O) groups excluding carboxylic acids is 2. The van der Waals surface area contributed by atoms with Crippen molar-refractivity contribution < 1.29 is 14.3 Å². The van der Waals surface area contributed by atoms with Crippen molar-refractivity contribution in [3.05, 3.63) is 66.0 Å². The van der Waals surface area contributed by atoms with Crippen molar-refractivity contribution in [2.24, 2.45) is 5.73 Å². The standard InChI is InChI=1S/C19H21N3O3/c1-14(16-9-11-21-12-10-16)22(2)19(24)8-5-15-3-6-17(7-4-15)25-13-18(20)23/h3-12,14H,13H2,1-2H3,(H2,20,23)/b8-5+. The van der Waals surface area contributed by atoms with Crippen molar-refractivity contribution in [1.29, 1.82) is 0 Å². The zero-order valence-electron chi connectivity index (χ0n) is 14.3. The minimum absolute atomic E-state index is 0.0512. The van der Waals surface area contributed by atoms with Crippen molar-refractivity contribution >= 4 is 17.9 Å². The van der Waals surface area contributed by atoms with E-state index in [9.17, 15) is 9.59 Å². The quantitative estimate of drug-likeness (QED) is 0.784. The second-order valence-corrected chi connectivity index (χ2v) is 5.56. The van der Waals surface area contributed by atoms with Gasteiger partial charge in [0.25, 0.3) is 5.91 Å². The van der Waals surface area contributed by atoms with Crippen LogP contribution in [0.25, 0.3) is 6.08 Å². The summed E-state index contributed by atoms with van der Waals surface area (Å²) in [6, 6.07) is 10.8. The van der Waals surface area contributed by atoms with Crippen LogP contribution in [0.15, 0.2) is 54.9 Å². The fourth-order valence-corrected chi connectivity index (χ4v) is 2.17. The Kier molecular flexibility index (Phi) is 6.28. The summed E-state index contributed by atoms with van der Waals surface area (Å²) in [5, 5.41) is 0. The highest BCUT2D eigenvalue weighted by Gasteiger charge is 2.14. The van der Waals surface area contributed by atoms with Crippen molar-refractivity contribution in [3.8, 4) is 5.75 Å². The smallest absolute Gasteiger partial charge is 0.255 e. The van der Waals surface area contributed by atoms with Crippen molar-refractivity contribution in [2.75, 3.05) is 13.7 Å². The zero-order chi connectivity index (χ0) is 18.2. The first-order chi connectivity index (χ1) is 12.0. The Morgan fingerprint density at radius 3 is 2.44 bits per heavy atom. The molecule has 0 spiro atoms. The molecular formula is C19H21N3O3. The molecule has 0 aliphatic rings. The molecule has 2 rings (SSSR count). The first-order valence-corrected chi connectivity index (χ1v) is 7.83. The number of nitrogens with zero attached hydrogens (tertiary/aromatic N) is 2. The highest BCUT2D eigenvalue weighted by atomic mass is 16.5. The number of primary amides is 1. The maximum absolute atomic E-state index is 12.3. The molecule has 0 radical (unpaired) electrons. The van der Waals surface area contributed by atoms with Crippen LogP contribution in [0.4, 0.5) is 0 Å². The Labute approximate surface area is 146 Å². The third kappa shape index (κ3) is 5.46. The molecule has 0 bridgehead atoms. The maximum Gasteiger partial charge on any atom is 0.255 e. The van der Waals surface area contributed by atoms with Gasteiger partial charge in [-0.15, -0.1) is 0 Å². The minimum Gasteiger partial charge on any atom is -0.484 e. The third-order valence-electron chi connectivity index (χ3n) is 3.80. The number of likely N-dealkylation sites (N-methyl/N-ethyl adjacent to an activating group) is 1. The van der Waals surface area contributed by atoms with Gasteiger partial charge < -0.3 is 15.4 Å². The summed E-state index contributed by atoms with van der Waals surface area (Å²) in [7, 11) is 1.76. The second kappa shape index (κ2) is 8.63. The van der Waals surface area contributed by atoms with Crippen LogP contribution >= 0.6 is 0 Å². The molecule has 6 nitrogen and oxygen atoms in total. The fourth-order valence-electron chi connectivity index (χ4n) is 2.17. The monoisotopic (exact) mass is 339 g/mol. The summed E-state index contributed by atoms with van der Waals surface area (Å²) in [5.74, 6) is -0.0787. The zero-order valence-corrected chi connectivity index (χ0v) is 14.3. The molecule has 1 aromatic carbocycles. The van der Waals surface area contributed by atoms with Crippen molar-refractivity contribution in [2.45, 2.75) is 13.0 Å². The number of nitrogens with two attached hydrogens (primary N) is 1. The van der Waals surface area contributed by atoms with Gasteiger partial charge in [-0.1, -0.05) is 12.1 Å². The summed E-state index contributed by atoms with van der Waals surface area (Å²) in [5.41, 5.74) is 6.90. The van der Waals surface area contributed by atoms with Gasteiger partial charge in [0, 0.05) is 25.5 Å². The molecule has 0 aliphatic heterocycles. The van der Waals surface area contributed by atoms with Crippen LogP contribution < -0.4 is 10.5 Å². The van der Waals surface area contributed by atoms with Gasteiger partial charge in [0.15, 0.2) is 6.61 Å². The lowest BCUT2D eigenvalue weighted by atomic mass is 10.1. The van der Waals surface area contributed by atoms with Crippen molar-refractivity contribution in [1.82, 2.24) is 9.88 Å². The van der Waals surface area contributed by atoms with E-state index in [0.29, 0.717) is 5.75 Å². The molecule has 6 heteroatoms. The predicted octanol–water partition coefficient (Wildman–Crippen LogP) is 2.18. The van der Waals surface area contributed by atoms with E-state index in [4.69, 9.17) is 10.5 Å². The number of amides is 2. The summed E-state index contributed by atoms with van der Waals surface area (Å²) < 4.78 is 5.19. The summed E-state index contributed by atoms with van der Waals surface area (Å²) in [6.45, 7) is 1.80.